The van der Waals surface area contributed by atoms with E-state index in [0.29, 0.717) is 24.9 Å². The van der Waals surface area contributed by atoms with Gasteiger partial charge in [0.1, 0.15) is 6.04 Å². The van der Waals surface area contributed by atoms with Crippen LogP contribution in [0.5, 0.6) is 0 Å². The van der Waals surface area contributed by atoms with Crippen molar-refractivity contribution in [2.45, 2.75) is 38.9 Å². The van der Waals surface area contributed by atoms with E-state index in [2.05, 4.69) is 32.0 Å². The summed E-state index contributed by atoms with van der Waals surface area (Å²) < 4.78 is 0. The fourth-order valence-corrected chi connectivity index (χ4v) is 4.09. The van der Waals surface area contributed by atoms with Crippen molar-refractivity contribution < 1.29 is 9.59 Å². The minimum absolute atomic E-state index is 0.0285. The van der Waals surface area contributed by atoms with Crippen LogP contribution in [-0.2, 0) is 22.6 Å². The Hall–Kier alpha value is -1.88. The maximum atomic E-state index is 13.2. The largest absolute Gasteiger partial charge is 0.339 e. The summed E-state index contributed by atoms with van der Waals surface area (Å²) in [5.41, 5.74) is 2.34. The van der Waals surface area contributed by atoms with E-state index in [1.807, 2.05) is 23.1 Å². The Labute approximate surface area is 144 Å². The summed E-state index contributed by atoms with van der Waals surface area (Å²) in [6, 6.07) is 8.13. The fourth-order valence-electron chi connectivity index (χ4n) is 4.09. The molecule has 3 atom stereocenters. The molecule has 130 valence electrons. The number of carbonyl (C=O) groups is 2. The molecule has 1 aromatic rings. The van der Waals surface area contributed by atoms with Crippen molar-refractivity contribution in [3.63, 3.8) is 0 Å². The summed E-state index contributed by atoms with van der Waals surface area (Å²) in [7, 11) is 4.13. The average Bonchev–Trinajstić information content (AvgIpc) is 2.95. The molecule has 5 heteroatoms. The zero-order valence-corrected chi connectivity index (χ0v) is 15.0. The second-order valence-electron chi connectivity index (χ2n) is 7.39. The summed E-state index contributed by atoms with van der Waals surface area (Å²) in [6.07, 6.45) is 0.617. The van der Waals surface area contributed by atoms with Crippen molar-refractivity contribution in [3.8, 4) is 0 Å². The lowest BCUT2D eigenvalue weighted by Gasteiger charge is -2.37. The molecule has 0 aliphatic carbocycles. The maximum absolute atomic E-state index is 13.2. The molecule has 0 aromatic heterocycles. The van der Waals surface area contributed by atoms with Crippen LogP contribution in [0.25, 0.3) is 0 Å². The van der Waals surface area contributed by atoms with E-state index >= 15 is 0 Å². The molecule has 0 unspecified atom stereocenters. The molecular formula is C19H27N3O2. The second kappa shape index (κ2) is 6.55. The molecule has 0 bridgehead atoms. The van der Waals surface area contributed by atoms with Crippen LogP contribution in [0.4, 0.5) is 0 Å². The number of amides is 2. The summed E-state index contributed by atoms with van der Waals surface area (Å²) in [6.45, 7) is 5.80. The Morgan fingerprint density at radius 1 is 1.12 bits per heavy atom. The van der Waals surface area contributed by atoms with Gasteiger partial charge in [-0.2, -0.15) is 0 Å². The predicted molar refractivity (Wildman–Crippen MR) is 93.4 cm³/mol. The van der Waals surface area contributed by atoms with Crippen LogP contribution in [-0.4, -0.2) is 65.8 Å². The number of likely N-dealkylation sites (N-methyl/N-ethyl adjacent to an activating group) is 1. The second-order valence-corrected chi connectivity index (χ2v) is 7.39. The molecule has 24 heavy (non-hydrogen) atoms. The zero-order valence-electron chi connectivity index (χ0n) is 15.0. The molecule has 3 rings (SSSR count). The van der Waals surface area contributed by atoms with Crippen molar-refractivity contribution in [2.75, 3.05) is 27.2 Å². The fraction of sp³-hybridized carbons (Fsp3) is 0.579. The SMILES string of the molecule is CC(=O)N1Cc2ccccc2C[C@@H]1C(=O)N1C[C@@H](C)[C@H](N(C)C)C1. The van der Waals surface area contributed by atoms with Gasteiger partial charge in [-0.1, -0.05) is 31.2 Å². The highest BCUT2D eigenvalue weighted by molar-refractivity contribution is 5.88. The van der Waals surface area contributed by atoms with Gasteiger partial charge in [0.05, 0.1) is 0 Å². The van der Waals surface area contributed by atoms with Crippen LogP contribution in [0.2, 0.25) is 0 Å². The number of nitrogens with zero attached hydrogens (tertiary/aromatic N) is 3. The summed E-state index contributed by atoms with van der Waals surface area (Å²) in [5, 5.41) is 0. The quantitative estimate of drug-likeness (QED) is 0.823. The summed E-state index contributed by atoms with van der Waals surface area (Å²) in [5.74, 6) is 0.515. The highest BCUT2D eigenvalue weighted by atomic mass is 16.2. The normalized spacial score (nSPS) is 26.6. The molecule has 2 heterocycles. The van der Waals surface area contributed by atoms with Crippen LogP contribution in [0.3, 0.4) is 0 Å². The van der Waals surface area contributed by atoms with Gasteiger partial charge in [-0.3, -0.25) is 9.59 Å². The average molecular weight is 329 g/mol. The summed E-state index contributed by atoms with van der Waals surface area (Å²) >= 11 is 0. The van der Waals surface area contributed by atoms with Crippen molar-refractivity contribution in [1.29, 1.82) is 0 Å². The zero-order chi connectivity index (χ0) is 17.4. The Morgan fingerprint density at radius 3 is 2.38 bits per heavy atom. The van der Waals surface area contributed by atoms with E-state index in [0.717, 1.165) is 18.7 Å². The van der Waals surface area contributed by atoms with E-state index in [9.17, 15) is 9.59 Å². The number of carbonyl (C=O) groups excluding carboxylic acids is 2. The van der Waals surface area contributed by atoms with Crippen molar-refractivity contribution in [2.24, 2.45) is 5.92 Å². The van der Waals surface area contributed by atoms with Crippen molar-refractivity contribution in [3.05, 3.63) is 35.4 Å². The predicted octanol–water partition coefficient (Wildman–Crippen LogP) is 1.37. The van der Waals surface area contributed by atoms with Crippen LogP contribution < -0.4 is 0 Å². The van der Waals surface area contributed by atoms with Gasteiger partial charge in [0.25, 0.3) is 0 Å². The van der Waals surface area contributed by atoms with E-state index in [1.165, 1.54) is 5.56 Å². The Balaban J connectivity index is 1.82. The Kier molecular flexibility index (Phi) is 4.63. The molecule has 0 spiro atoms. The van der Waals surface area contributed by atoms with Gasteiger partial charge in [-0.15, -0.1) is 0 Å². The van der Waals surface area contributed by atoms with Gasteiger partial charge in [0.15, 0.2) is 0 Å². The third-order valence-electron chi connectivity index (χ3n) is 5.49. The number of rotatable bonds is 2. The Morgan fingerprint density at radius 2 is 1.79 bits per heavy atom. The van der Waals surface area contributed by atoms with Crippen LogP contribution in [0, 0.1) is 5.92 Å². The molecule has 2 aliphatic rings. The first kappa shape index (κ1) is 17.0. The molecule has 0 radical (unpaired) electrons. The van der Waals surface area contributed by atoms with Gasteiger partial charge < -0.3 is 14.7 Å². The summed E-state index contributed by atoms with van der Waals surface area (Å²) in [4.78, 5) is 31.1. The molecule has 1 saturated heterocycles. The first-order valence-electron chi connectivity index (χ1n) is 8.67. The molecule has 2 amide bonds. The standard InChI is InChI=1S/C19H27N3O2/c1-13-10-21(12-18(13)20(3)4)19(24)17-9-15-7-5-6-8-16(15)11-22(17)14(2)23/h5-8,13,17-18H,9-12H2,1-4H3/t13-,17-,18-/m1/s1. The molecule has 0 saturated carbocycles. The number of likely N-dealkylation sites (tertiary alicyclic amines) is 1. The highest BCUT2D eigenvalue weighted by Crippen LogP contribution is 2.27. The molecule has 1 aromatic carbocycles. The van der Waals surface area contributed by atoms with E-state index in [-0.39, 0.29) is 17.9 Å². The third kappa shape index (κ3) is 3.05. The number of fused-ring (bicyclic) bond motifs is 1. The van der Waals surface area contributed by atoms with Gasteiger partial charge in [-0.25, -0.2) is 0 Å². The minimum Gasteiger partial charge on any atom is -0.339 e. The Bertz CT molecular complexity index is 643. The number of hydrogen-bond acceptors (Lipinski definition) is 3. The van der Waals surface area contributed by atoms with Gasteiger partial charge in [0.2, 0.25) is 11.8 Å². The molecular weight excluding hydrogens is 302 g/mol. The molecule has 1 fully saturated rings. The van der Waals surface area contributed by atoms with Gasteiger partial charge in [0, 0.05) is 39.0 Å². The lowest BCUT2D eigenvalue weighted by molar-refractivity contribution is -0.145. The lowest BCUT2D eigenvalue weighted by Crippen LogP contribution is -2.53. The van der Waals surface area contributed by atoms with E-state index < -0.39 is 0 Å². The van der Waals surface area contributed by atoms with Crippen LogP contribution >= 0.6 is 0 Å². The molecule has 5 nitrogen and oxygen atoms in total. The topological polar surface area (TPSA) is 43.9 Å². The van der Waals surface area contributed by atoms with E-state index in [1.54, 1.807) is 11.8 Å². The van der Waals surface area contributed by atoms with Gasteiger partial charge >= 0.3 is 0 Å². The monoisotopic (exact) mass is 329 g/mol. The molecule has 0 N–H and O–H groups in total. The maximum Gasteiger partial charge on any atom is 0.245 e. The smallest absolute Gasteiger partial charge is 0.245 e. The van der Waals surface area contributed by atoms with E-state index in [4.69, 9.17) is 0 Å². The van der Waals surface area contributed by atoms with Crippen molar-refractivity contribution >= 4 is 11.8 Å². The van der Waals surface area contributed by atoms with Gasteiger partial charge in [-0.05, 0) is 31.1 Å². The first-order valence-corrected chi connectivity index (χ1v) is 8.67. The van der Waals surface area contributed by atoms with Crippen molar-refractivity contribution in [1.82, 2.24) is 14.7 Å². The lowest BCUT2D eigenvalue weighted by atomic mass is 9.93. The number of hydrogen-bond donors (Lipinski definition) is 0. The molecule has 2 aliphatic heterocycles. The first-order chi connectivity index (χ1) is 11.4. The third-order valence-corrected chi connectivity index (χ3v) is 5.49. The highest BCUT2D eigenvalue weighted by Gasteiger charge is 2.40. The van der Waals surface area contributed by atoms with Crippen LogP contribution in [0.15, 0.2) is 24.3 Å². The number of benzene rings is 1. The minimum atomic E-state index is -0.370. The van der Waals surface area contributed by atoms with Crippen LogP contribution in [0.1, 0.15) is 25.0 Å².